The maximum absolute atomic E-state index is 14.6. The molecule has 2 saturated heterocycles. The van der Waals surface area contributed by atoms with Crippen LogP contribution in [-0.2, 0) is 4.79 Å². The van der Waals surface area contributed by atoms with Gasteiger partial charge in [-0.3, -0.25) is 14.5 Å². The second-order valence-electron chi connectivity index (χ2n) is 11.8. The van der Waals surface area contributed by atoms with Crippen LogP contribution in [0, 0.1) is 17.2 Å². The average molecular weight is 606 g/mol. The van der Waals surface area contributed by atoms with Gasteiger partial charge < -0.3 is 25.0 Å². The molecule has 0 bridgehead atoms. The van der Waals surface area contributed by atoms with Crippen LogP contribution < -0.4 is 20.1 Å². The molecule has 1 spiro atoms. The number of hydrogen-bond acceptors (Lipinski definition) is 10. The zero-order valence-electron chi connectivity index (χ0n) is 25.0. The number of likely N-dealkylation sites (tertiary alicyclic amines) is 1. The Morgan fingerprint density at radius 1 is 1.24 bits per heavy atom. The average Bonchev–Trinajstić information content (AvgIpc) is 3.36. The molecule has 2 aromatic rings. The summed E-state index contributed by atoms with van der Waals surface area (Å²) in [7, 11) is 0. The third-order valence-corrected chi connectivity index (χ3v) is 8.38. The predicted octanol–water partition coefficient (Wildman–Crippen LogP) is 4.14. The van der Waals surface area contributed by atoms with E-state index in [2.05, 4.69) is 38.8 Å². The number of nitrogens with two attached hydrogens (primary N) is 1. The van der Waals surface area contributed by atoms with E-state index in [0.717, 1.165) is 44.5 Å². The van der Waals surface area contributed by atoms with E-state index in [1.807, 2.05) is 20.8 Å². The van der Waals surface area contributed by atoms with Crippen molar-refractivity contribution in [2.75, 3.05) is 44.2 Å². The molecule has 13 heteroatoms. The fourth-order valence-electron chi connectivity index (χ4n) is 6.22. The van der Waals surface area contributed by atoms with Gasteiger partial charge in [-0.25, -0.2) is 4.39 Å². The second-order valence-corrected chi connectivity index (χ2v) is 12.1. The van der Waals surface area contributed by atoms with Crippen LogP contribution in [0.2, 0.25) is 5.28 Å². The molecule has 2 aliphatic heterocycles. The zero-order chi connectivity index (χ0) is 30.6. The number of rotatable bonds is 13. The van der Waals surface area contributed by atoms with E-state index in [4.69, 9.17) is 26.8 Å². The Morgan fingerprint density at radius 2 is 1.98 bits per heavy atom. The first-order chi connectivity index (χ1) is 20.0. The molecule has 0 unspecified atom stereocenters. The minimum Gasteiger partial charge on any atom is -0.430 e. The first kappa shape index (κ1) is 31.8. The van der Waals surface area contributed by atoms with E-state index in [1.165, 1.54) is 0 Å². The lowest BCUT2D eigenvalue weighted by molar-refractivity contribution is -0.120. The summed E-state index contributed by atoms with van der Waals surface area (Å²) in [6, 6.07) is 2.35. The summed E-state index contributed by atoms with van der Waals surface area (Å²) in [5.41, 5.74) is 5.75. The third kappa shape index (κ3) is 6.76. The lowest BCUT2D eigenvalue weighted by atomic mass is 9.76. The predicted molar refractivity (Wildman–Crippen MR) is 158 cm³/mol. The Bertz CT molecular complexity index is 1270. The Labute approximate surface area is 251 Å². The number of carbonyl (C=O) groups is 2. The fraction of sp³-hybridized carbons (Fsp3) is 0.621. The highest BCUT2D eigenvalue weighted by Gasteiger charge is 2.50. The van der Waals surface area contributed by atoms with Gasteiger partial charge in [-0.05, 0) is 70.2 Å². The van der Waals surface area contributed by atoms with Crippen molar-refractivity contribution >= 4 is 29.8 Å². The Morgan fingerprint density at radius 3 is 2.60 bits per heavy atom. The molecule has 0 saturated carbocycles. The van der Waals surface area contributed by atoms with Gasteiger partial charge in [-0.1, -0.05) is 13.8 Å². The molecule has 1 aromatic heterocycles. The summed E-state index contributed by atoms with van der Waals surface area (Å²) < 4.78 is 25.8. The number of hydrogen-bond donors (Lipinski definition) is 1. The maximum Gasteiger partial charge on any atom is 0.298 e. The first-order valence-electron chi connectivity index (χ1n) is 14.5. The van der Waals surface area contributed by atoms with Crippen molar-refractivity contribution in [2.24, 2.45) is 17.1 Å². The fourth-order valence-corrected chi connectivity index (χ4v) is 6.33. The molecule has 11 nitrogen and oxygen atoms in total. The second kappa shape index (κ2) is 13.5. The van der Waals surface area contributed by atoms with E-state index in [1.54, 1.807) is 4.90 Å². The zero-order valence-corrected chi connectivity index (χ0v) is 25.7. The molecule has 1 aromatic carbocycles. The highest BCUT2D eigenvalue weighted by atomic mass is 35.5. The van der Waals surface area contributed by atoms with Gasteiger partial charge in [-0.15, -0.1) is 10.2 Å². The number of carbonyl (C=O) groups excluding carboxylic acids is 2. The summed E-state index contributed by atoms with van der Waals surface area (Å²) in [4.78, 5) is 35.4. The molecule has 0 aliphatic carbocycles. The Hall–Kier alpha value is -3.09. The number of aromatic nitrogens is 3. The van der Waals surface area contributed by atoms with Gasteiger partial charge in [0.15, 0.2) is 17.3 Å². The highest BCUT2D eigenvalue weighted by Crippen LogP contribution is 2.45. The molecule has 1 amide bonds. The first-order valence-corrected chi connectivity index (χ1v) is 14.9. The number of nitrogens with zero attached hydrogens (tertiary/aromatic N) is 6. The largest absolute Gasteiger partial charge is 0.430 e. The number of amides is 1. The number of ether oxygens (including phenoxy) is 2. The van der Waals surface area contributed by atoms with Crippen molar-refractivity contribution in [1.29, 1.82) is 0 Å². The minimum absolute atomic E-state index is 0.0281. The summed E-state index contributed by atoms with van der Waals surface area (Å²) in [6.07, 6.45) is 3.03. The van der Waals surface area contributed by atoms with Crippen LogP contribution in [0.25, 0.3) is 0 Å². The normalized spacial score (nSPS) is 17.0. The molecule has 2 aliphatic rings. The van der Waals surface area contributed by atoms with E-state index < -0.39 is 11.7 Å². The monoisotopic (exact) mass is 605 g/mol. The van der Waals surface area contributed by atoms with Crippen molar-refractivity contribution < 1.29 is 23.5 Å². The van der Waals surface area contributed by atoms with Gasteiger partial charge in [0.2, 0.25) is 5.28 Å². The van der Waals surface area contributed by atoms with Crippen LogP contribution >= 0.6 is 11.6 Å². The van der Waals surface area contributed by atoms with Crippen molar-refractivity contribution in [1.82, 2.24) is 25.0 Å². The molecule has 42 heavy (non-hydrogen) atoms. The molecule has 4 rings (SSSR count). The highest BCUT2D eigenvalue weighted by molar-refractivity contribution is 6.28. The molecule has 1 atom stereocenters. The van der Waals surface area contributed by atoms with Crippen LogP contribution in [0.4, 0.5) is 10.2 Å². The molecule has 230 valence electrons. The van der Waals surface area contributed by atoms with Gasteiger partial charge in [0.05, 0.1) is 5.56 Å². The van der Waals surface area contributed by atoms with Crippen molar-refractivity contribution in [3.05, 3.63) is 28.8 Å². The molecular weight excluding hydrogens is 565 g/mol. The van der Waals surface area contributed by atoms with Crippen molar-refractivity contribution in [2.45, 2.75) is 66.0 Å². The van der Waals surface area contributed by atoms with Gasteiger partial charge in [0, 0.05) is 56.3 Å². The number of anilines is 1. The molecule has 3 heterocycles. The van der Waals surface area contributed by atoms with Gasteiger partial charge in [0.1, 0.15) is 5.82 Å². The number of halogens is 2. The van der Waals surface area contributed by atoms with Crippen LogP contribution in [0.15, 0.2) is 12.1 Å². The molecule has 2 N–H and O–H groups in total. The third-order valence-electron chi connectivity index (χ3n) is 8.22. The molecule has 2 fully saturated rings. The van der Waals surface area contributed by atoms with Gasteiger partial charge in [-0.2, -0.15) is 4.98 Å². The lowest BCUT2D eigenvalue weighted by Crippen LogP contribution is -2.62. The van der Waals surface area contributed by atoms with E-state index >= 15 is 0 Å². The van der Waals surface area contributed by atoms with E-state index in [0.29, 0.717) is 44.0 Å². The van der Waals surface area contributed by atoms with E-state index in [9.17, 15) is 14.0 Å². The quantitative estimate of drug-likeness (QED) is 0.333. The van der Waals surface area contributed by atoms with Crippen LogP contribution in [0.1, 0.15) is 64.2 Å². The topological polar surface area (TPSA) is 127 Å². The molecular formula is C29H41ClFN7O4. The van der Waals surface area contributed by atoms with Crippen molar-refractivity contribution in [3.8, 4) is 17.4 Å². The summed E-state index contributed by atoms with van der Waals surface area (Å²) in [6.45, 7) is 14.6. The standard InChI is InChI=1S/C29H41ClFN7O4/c1-6-38(19(4)5)27(40)21-12-20(31)13-23(41-17-39)24(21)42-26-25(33-28(30)35-34-26)36-11-9-29(14-36)15-37(16-29)22(18(2)3)8-7-10-32/h12-13,17-19,22H,6-11,14-16,32H2,1-5H3/t22-/m1/s1. The maximum atomic E-state index is 14.6. The Kier molecular flexibility index (Phi) is 10.2. The summed E-state index contributed by atoms with van der Waals surface area (Å²) >= 11 is 6.18. The van der Waals surface area contributed by atoms with Crippen LogP contribution in [0.5, 0.6) is 17.4 Å². The van der Waals surface area contributed by atoms with E-state index in [-0.39, 0.29) is 46.2 Å². The SMILES string of the molecule is CCN(C(=O)c1cc(F)cc(OC=O)c1Oc1nnc(Cl)nc1N1CCC2(C1)CN([C@H](CCCN)C(C)C)C2)C(C)C. The Balaban J connectivity index is 1.63. The summed E-state index contributed by atoms with van der Waals surface area (Å²) in [5.74, 6) is -0.810. The van der Waals surface area contributed by atoms with Crippen LogP contribution in [0.3, 0.4) is 0 Å². The smallest absolute Gasteiger partial charge is 0.298 e. The van der Waals surface area contributed by atoms with Gasteiger partial charge in [0.25, 0.3) is 18.3 Å². The number of benzene rings is 1. The van der Waals surface area contributed by atoms with Crippen LogP contribution in [-0.4, -0.2) is 88.7 Å². The summed E-state index contributed by atoms with van der Waals surface area (Å²) in [5, 5.41) is 7.94. The molecule has 0 radical (unpaired) electrons. The minimum atomic E-state index is -0.759. The van der Waals surface area contributed by atoms with Crippen molar-refractivity contribution in [3.63, 3.8) is 0 Å². The lowest BCUT2D eigenvalue weighted by Gasteiger charge is -2.53. The van der Waals surface area contributed by atoms with Gasteiger partial charge >= 0.3 is 0 Å².